The summed E-state index contributed by atoms with van der Waals surface area (Å²) in [6.45, 7) is 2.35. The van der Waals surface area contributed by atoms with Crippen molar-refractivity contribution in [3.05, 3.63) is 84.2 Å². The van der Waals surface area contributed by atoms with E-state index in [9.17, 15) is 9.59 Å². The number of anilines is 2. The Morgan fingerprint density at radius 1 is 1.12 bits per heavy atom. The summed E-state index contributed by atoms with van der Waals surface area (Å²) in [5.41, 5.74) is 3.31. The molecule has 0 aliphatic carbocycles. The highest BCUT2D eigenvalue weighted by Gasteiger charge is 2.44. The molecular formula is C25H24N4O3S. The number of aryl methyl sites for hydroxylation is 1. The number of benzene rings is 2. The maximum absolute atomic E-state index is 13.5. The third-order valence-corrected chi connectivity index (χ3v) is 5.85. The fraction of sp³-hybridized carbons (Fsp3) is 0.200. The molecule has 1 aliphatic rings. The van der Waals surface area contributed by atoms with Crippen molar-refractivity contribution in [2.45, 2.75) is 25.9 Å². The molecular weight excluding hydrogens is 436 g/mol. The zero-order valence-corrected chi connectivity index (χ0v) is 19.2. The van der Waals surface area contributed by atoms with Crippen LogP contribution < -0.4 is 15.0 Å². The topological polar surface area (TPSA) is 74.8 Å². The van der Waals surface area contributed by atoms with Crippen LogP contribution in [-0.4, -0.2) is 40.0 Å². The lowest BCUT2D eigenvalue weighted by atomic mass is 10.1. The fourth-order valence-electron chi connectivity index (χ4n) is 3.78. The Hall–Kier alpha value is -3.78. The van der Waals surface area contributed by atoms with Gasteiger partial charge in [0, 0.05) is 24.6 Å². The smallest absolute Gasteiger partial charge is 0.256 e. The van der Waals surface area contributed by atoms with Gasteiger partial charge in [-0.15, -0.1) is 0 Å². The number of carbonyl (C=O) groups is 2. The molecule has 7 nitrogen and oxygen atoms in total. The van der Waals surface area contributed by atoms with Crippen molar-refractivity contribution >= 4 is 40.5 Å². The summed E-state index contributed by atoms with van der Waals surface area (Å²) in [5.74, 6) is 0.190. The molecule has 1 aromatic heterocycles. The maximum Gasteiger partial charge on any atom is 0.256 e. The van der Waals surface area contributed by atoms with E-state index in [1.807, 2.05) is 43.3 Å². The first kappa shape index (κ1) is 22.4. The number of pyridine rings is 1. The number of amides is 2. The molecule has 1 atom stereocenters. The highest BCUT2D eigenvalue weighted by molar-refractivity contribution is 7.80. The molecule has 1 fully saturated rings. The molecule has 168 valence electrons. The number of hydrogen-bond donors (Lipinski definition) is 1. The van der Waals surface area contributed by atoms with Gasteiger partial charge in [0.05, 0.1) is 19.2 Å². The lowest BCUT2D eigenvalue weighted by molar-refractivity contribution is -0.124. The van der Waals surface area contributed by atoms with Crippen LogP contribution in [0.2, 0.25) is 0 Å². The van der Waals surface area contributed by atoms with Gasteiger partial charge in [0.2, 0.25) is 5.91 Å². The largest absolute Gasteiger partial charge is 0.497 e. The number of methoxy groups -OCH3 is 1. The Morgan fingerprint density at radius 3 is 2.52 bits per heavy atom. The summed E-state index contributed by atoms with van der Waals surface area (Å²) in [5, 5.41) is 3.25. The number of nitrogens with one attached hydrogen (secondary N) is 1. The number of ether oxygens (including phenoxy) is 1. The molecule has 3 aromatic rings. The van der Waals surface area contributed by atoms with Crippen molar-refractivity contribution in [2.75, 3.05) is 17.3 Å². The van der Waals surface area contributed by atoms with Crippen molar-refractivity contribution in [3.8, 4) is 5.75 Å². The van der Waals surface area contributed by atoms with Crippen LogP contribution in [0.1, 0.15) is 17.5 Å². The van der Waals surface area contributed by atoms with Gasteiger partial charge in [0.25, 0.3) is 5.91 Å². The molecule has 8 heteroatoms. The molecule has 33 heavy (non-hydrogen) atoms. The van der Waals surface area contributed by atoms with Gasteiger partial charge in [0.1, 0.15) is 11.8 Å². The van der Waals surface area contributed by atoms with Crippen LogP contribution in [0.25, 0.3) is 0 Å². The van der Waals surface area contributed by atoms with Crippen molar-refractivity contribution in [1.29, 1.82) is 0 Å². The fourth-order valence-corrected chi connectivity index (χ4v) is 4.17. The SMILES string of the molecule is COc1ccc(N2C(=O)[C@@H](CC(=O)Nc3cccc(C)c3)N(Cc3ccncc3)C2=S)cc1. The molecule has 1 saturated heterocycles. The summed E-state index contributed by atoms with van der Waals surface area (Å²) in [6.07, 6.45) is 3.36. The summed E-state index contributed by atoms with van der Waals surface area (Å²) in [7, 11) is 1.58. The van der Waals surface area contributed by atoms with Gasteiger partial charge in [-0.2, -0.15) is 0 Å². The number of nitrogens with zero attached hydrogens (tertiary/aromatic N) is 3. The van der Waals surface area contributed by atoms with Crippen LogP contribution in [0.5, 0.6) is 5.75 Å². The Balaban J connectivity index is 1.60. The third kappa shape index (κ3) is 5.01. The molecule has 0 spiro atoms. The predicted molar refractivity (Wildman–Crippen MR) is 131 cm³/mol. The number of carbonyl (C=O) groups excluding carboxylic acids is 2. The van der Waals surface area contributed by atoms with Gasteiger partial charge < -0.3 is 15.0 Å². The van der Waals surface area contributed by atoms with E-state index in [0.29, 0.717) is 28.8 Å². The zero-order chi connectivity index (χ0) is 23.4. The van der Waals surface area contributed by atoms with E-state index in [2.05, 4.69) is 10.3 Å². The Labute approximate surface area is 198 Å². The Kier molecular flexibility index (Phi) is 6.65. The number of rotatable bonds is 7. The van der Waals surface area contributed by atoms with Crippen LogP contribution in [0.15, 0.2) is 73.1 Å². The number of aromatic nitrogens is 1. The van der Waals surface area contributed by atoms with Gasteiger partial charge >= 0.3 is 0 Å². The van der Waals surface area contributed by atoms with Gasteiger partial charge in [-0.05, 0) is 78.8 Å². The predicted octanol–water partition coefficient (Wildman–Crippen LogP) is 3.93. The molecule has 2 amide bonds. The first-order chi connectivity index (χ1) is 16.0. The normalized spacial score (nSPS) is 15.6. The number of thiocarbonyl (C=S) groups is 1. The van der Waals surface area contributed by atoms with E-state index in [1.54, 1.807) is 48.7 Å². The lowest BCUT2D eigenvalue weighted by Gasteiger charge is -2.24. The first-order valence-corrected chi connectivity index (χ1v) is 10.9. The minimum Gasteiger partial charge on any atom is -0.497 e. The van der Waals surface area contributed by atoms with Crippen LogP contribution in [0, 0.1) is 6.92 Å². The average Bonchev–Trinajstić information content (AvgIpc) is 3.03. The Bertz CT molecular complexity index is 1170. The number of hydrogen-bond acceptors (Lipinski definition) is 5. The highest BCUT2D eigenvalue weighted by atomic mass is 32.1. The lowest BCUT2D eigenvalue weighted by Crippen LogP contribution is -2.37. The summed E-state index contributed by atoms with van der Waals surface area (Å²) >= 11 is 5.71. The molecule has 0 unspecified atom stereocenters. The third-order valence-electron chi connectivity index (χ3n) is 5.43. The van der Waals surface area contributed by atoms with E-state index in [0.717, 1.165) is 11.1 Å². The maximum atomic E-state index is 13.5. The molecule has 4 rings (SSSR count). The van der Waals surface area contributed by atoms with Gasteiger partial charge in [0.15, 0.2) is 5.11 Å². The average molecular weight is 461 g/mol. The molecule has 2 heterocycles. The van der Waals surface area contributed by atoms with Crippen LogP contribution in [-0.2, 0) is 16.1 Å². The quantitative estimate of drug-likeness (QED) is 0.539. The van der Waals surface area contributed by atoms with Crippen molar-refractivity contribution in [1.82, 2.24) is 9.88 Å². The summed E-state index contributed by atoms with van der Waals surface area (Å²) in [6, 6.07) is 17.7. The zero-order valence-electron chi connectivity index (χ0n) is 18.4. The van der Waals surface area contributed by atoms with E-state index in [1.165, 1.54) is 4.90 Å². The van der Waals surface area contributed by atoms with Gasteiger partial charge in [-0.1, -0.05) is 12.1 Å². The molecule has 1 N–H and O–H groups in total. The molecule has 0 radical (unpaired) electrons. The summed E-state index contributed by atoms with van der Waals surface area (Å²) < 4.78 is 5.22. The van der Waals surface area contributed by atoms with Crippen molar-refractivity contribution < 1.29 is 14.3 Å². The minimum absolute atomic E-state index is 0.0232. The van der Waals surface area contributed by atoms with Crippen LogP contribution >= 0.6 is 12.2 Å². The second kappa shape index (κ2) is 9.79. The van der Waals surface area contributed by atoms with E-state index in [4.69, 9.17) is 17.0 Å². The summed E-state index contributed by atoms with van der Waals surface area (Å²) in [4.78, 5) is 33.7. The minimum atomic E-state index is -0.724. The van der Waals surface area contributed by atoms with Crippen molar-refractivity contribution in [3.63, 3.8) is 0 Å². The monoisotopic (exact) mass is 460 g/mol. The highest BCUT2D eigenvalue weighted by Crippen LogP contribution is 2.30. The second-order valence-electron chi connectivity index (χ2n) is 7.78. The van der Waals surface area contributed by atoms with E-state index < -0.39 is 6.04 Å². The second-order valence-corrected chi connectivity index (χ2v) is 8.14. The van der Waals surface area contributed by atoms with E-state index >= 15 is 0 Å². The van der Waals surface area contributed by atoms with Gasteiger partial charge in [-0.25, -0.2) is 0 Å². The Morgan fingerprint density at radius 2 is 1.85 bits per heavy atom. The van der Waals surface area contributed by atoms with Crippen LogP contribution in [0.4, 0.5) is 11.4 Å². The first-order valence-electron chi connectivity index (χ1n) is 10.5. The molecule has 0 saturated carbocycles. The van der Waals surface area contributed by atoms with Crippen molar-refractivity contribution in [2.24, 2.45) is 0 Å². The van der Waals surface area contributed by atoms with Gasteiger partial charge in [-0.3, -0.25) is 19.5 Å². The molecule has 1 aliphatic heterocycles. The van der Waals surface area contributed by atoms with Crippen LogP contribution in [0.3, 0.4) is 0 Å². The standard InChI is InChI=1S/C25H24N4O3S/c1-17-4-3-5-19(14-17)27-23(30)15-22-24(31)29(20-6-8-21(32-2)9-7-20)25(33)28(22)16-18-10-12-26-13-11-18/h3-14,22H,15-16H2,1-2H3,(H,27,30)/t22-/m1/s1. The molecule has 2 aromatic carbocycles. The van der Waals surface area contributed by atoms with E-state index in [-0.39, 0.29) is 18.2 Å². The molecule has 0 bridgehead atoms.